The summed E-state index contributed by atoms with van der Waals surface area (Å²) >= 11 is 0. The highest BCUT2D eigenvalue weighted by Gasteiger charge is 2.12. The van der Waals surface area contributed by atoms with E-state index >= 15 is 0 Å². The normalized spacial score (nSPS) is 12.9. The fraction of sp³-hybridized carbons (Fsp3) is 0.933. The van der Waals surface area contributed by atoms with Crippen molar-refractivity contribution >= 4 is 11.9 Å². The predicted molar refractivity (Wildman–Crippen MR) is 145 cm³/mol. The van der Waals surface area contributed by atoms with Crippen LogP contribution in [0.15, 0.2) is 0 Å². The van der Waals surface area contributed by atoms with Crippen molar-refractivity contribution in [3.63, 3.8) is 0 Å². The third-order valence-electron chi connectivity index (χ3n) is 6.88. The molecule has 0 heterocycles. The lowest BCUT2D eigenvalue weighted by molar-refractivity contribution is -0.152. The minimum absolute atomic E-state index is 0.110. The van der Waals surface area contributed by atoms with Crippen LogP contribution in [0.25, 0.3) is 0 Å². The third kappa shape index (κ3) is 25.8. The number of aliphatic hydroxyl groups is 1. The van der Waals surface area contributed by atoms with E-state index in [0.29, 0.717) is 12.8 Å². The number of hydrogen-bond acceptors (Lipinski definition) is 5. The van der Waals surface area contributed by atoms with Gasteiger partial charge in [-0.15, -0.1) is 0 Å². The van der Waals surface area contributed by atoms with Crippen molar-refractivity contribution in [2.75, 3.05) is 13.2 Å². The van der Waals surface area contributed by atoms with Crippen LogP contribution in [-0.2, 0) is 19.1 Å². The van der Waals surface area contributed by atoms with Gasteiger partial charge in [-0.1, -0.05) is 130 Å². The van der Waals surface area contributed by atoms with Gasteiger partial charge in [-0.25, -0.2) is 0 Å². The molecule has 0 aromatic rings. The predicted octanol–water partition coefficient (Wildman–Crippen LogP) is 8.30. The zero-order valence-electron chi connectivity index (χ0n) is 23.5. The van der Waals surface area contributed by atoms with Gasteiger partial charge in [-0.3, -0.25) is 9.59 Å². The molecule has 35 heavy (non-hydrogen) atoms. The van der Waals surface area contributed by atoms with Crippen LogP contribution in [0.2, 0.25) is 0 Å². The first kappa shape index (κ1) is 33.9. The topological polar surface area (TPSA) is 72.8 Å². The van der Waals surface area contributed by atoms with Crippen LogP contribution in [0.4, 0.5) is 0 Å². The van der Waals surface area contributed by atoms with Crippen molar-refractivity contribution < 1.29 is 24.2 Å². The zero-order valence-corrected chi connectivity index (χ0v) is 23.5. The molecule has 0 fully saturated rings. The number of aliphatic hydroxyl groups excluding tert-OH is 1. The van der Waals surface area contributed by atoms with Crippen molar-refractivity contribution in [1.82, 2.24) is 0 Å². The average molecular weight is 499 g/mol. The Labute approximate surface area is 217 Å². The van der Waals surface area contributed by atoms with Crippen LogP contribution in [0.3, 0.4) is 0 Å². The monoisotopic (exact) mass is 498 g/mol. The fourth-order valence-corrected chi connectivity index (χ4v) is 4.18. The Bertz CT molecular complexity index is 479. The molecule has 208 valence electrons. The standard InChI is InChI=1S/C30H58O5/c1-4-6-7-8-13-17-20-23-29(32)34-25-28(31)26-35-30(33)24-21-18-15-12-10-9-11-14-16-19-22-27(3)5-2/h27-28,31H,4-26H2,1-3H3/t27?,28-/m0/s1. The number of esters is 2. The number of rotatable bonds is 26. The fourth-order valence-electron chi connectivity index (χ4n) is 4.18. The van der Waals surface area contributed by atoms with Crippen molar-refractivity contribution in [1.29, 1.82) is 0 Å². The number of carbonyl (C=O) groups is 2. The van der Waals surface area contributed by atoms with E-state index in [1.807, 2.05) is 0 Å². The molecule has 5 heteroatoms. The Kier molecular flexibility index (Phi) is 25.2. The van der Waals surface area contributed by atoms with E-state index in [2.05, 4.69) is 20.8 Å². The number of carbonyl (C=O) groups excluding carboxylic acids is 2. The van der Waals surface area contributed by atoms with Crippen LogP contribution >= 0.6 is 0 Å². The largest absolute Gasteiger partial charge is 0.463 e. The molecule has 1 unspecified atom stereocenters. The van der Waals surface area contributed by atoms with Gasteiger partial charge in [0.15, 0.2) is 0 Å². The summed E-state index contributed by atoms with van der Waals surface area (Å²) in [6.45, 7) is 6.60. The Morgan fingerprint density at radius 2 is 0.971 bits per heavy atom. The molecule has 0 radical (unpaired) electrons. The molecule has 0 aliphatic heterocycles. The van der Waals surface area contributed by atoms with Gasteiger partial charge in [0.25, 0.3) is 0 Å². The molecular formula is C30H58O5. The molecule has 0 aromatic heterocycles. The van der Waals surface area contributed by atoms with E-state index < -0.39 is 6.10 Å². The molecule has 2 atom stereocenters. The lowest BCUT2D eigenvalue weighted by Crippen LogP contribution is -2.25. The highest BCUT2D eigenvalue weighted by molar-refractivity contribution is 5.69. The zero-order chi connectivity index (χ0) is 26.0. The average Bonchev–Trinajstić information content (AvgIpc) is 2.86. The Morgan fingerprint density at radius 1 is 0.600 bits per heavy atom. The summed E-state index contributed by atoms with van der Waals surface area (Å²) in [6.07, 6.45) is 22.9. The van der Waals surface area contributed by atoms with Crippen LogP contribution in [-0.4, -0.2) is 36.4 Å². The Balaban J connectivity index is 3.43. The summed E-state index contributed by atoms with van der Waals surface area (Å²) < 4.78 is 10.2. The quantitative estimate of drug-likeness (QED) is 0.0959. The molecule has 1 N–H and O–H groups in total. The minimum atomic E-state index is -0.952. The van der Waals surface area contributed by atoms with Gasteiger partial charge in [0, 0.05) is 12.8 Å². The summed E-state index contributed by atoms with van der Waals surface area (Å²) in [5, 5.41) is 9.88. The van der Waals surface area contributed by atoms with Gasteiger partial charge in [0.05, 0.1) is 0 Å². The summed E-state index contributed by atoms with van der Waals surface area (Å²) in [6, 6.07) is 0. The highest BCUT2D eigenvalue weighted by atomic mass is 16.6. The van der Waals surface area contributed by atoms with E-state index in [4.69, 9.17) is 9.47 Å². The second-order valence-corrected chi connectivity index (χ2v) is 10.5. The van der Waals surface area contributed by atoms with Gasteiger partial charge >= 0.3 is 11.9 Å². The molecular weight excluding hydrogens is 440 g/mol. The van der Waals surface area contributed by atoms with Crippen molar-refractivity contribution in [2.24, 2.45) is 5.92 Å². The van der Waals surface area contributed by atoms with Crippen molar-refractivity contribution in [3.05, 3.63) is 0 Å². The molecule has 0 aliphatic rings. The van der Waals surface area contributed by atoms with E-state index in [1.165, 1.54) is 89.9 Å². The second-order valence-electron chi connectivity index (χ2n) is 10.5. The first-order chi connectivity index (χ1) is 17.0. The summed E-state index contributed by atoms with van der Waals surface area (Å²) in [5.74, 6) is 0.313. The molecule has 0 aliphatic carbocycles. The van der Waals surface area contributed by atoms with Crippen molar-refractivity contribution in [2.45, 2.75) is 162 Å². The van der Waals surface area contributed by atoms with E-state index in [0.717, 1.165) is 38.0 Å². The van der Waals surface area contributed by atoms with Crippen molar-refractivity contribution in [3.8, 4) is 0 Å². The molecule has 0 aromatic carbocycles. The molecule has 0 bridgehead atoms. The van der Waals surface area contributed by atoms with Crippen LogP contribution in [0.5, 0.6) is 0 Å². The van der Waals surface area contributed by atoms with Gasteiger partial charge in [0.2, 0.25) is 0 Å². The first-order valence-electron chi connectivity index (χ1n) is 15.0. The number of hydrogen-bond donors (Lipinski definition) is 1. The SMILES string of the molecule is CCCCCCCCCC(=O)OC[C@H](O)COC(=O)CCCCCCCCCCCCC(C)CC. The lowest BCUT2D eigenvalue weighted by atomic mass is 9.99. The van der Waals surface area contributed by atoms with E-state index in [9.17, 15) is 14.7 Å². The highest BCUT2D eigenvalue weighted by Crippen LogP contribution is 2.15. The maximum atomic E-state index is 11.8. The number of ether oxygens (including phenoxy) is 2. The number of unbranched alkanes of at least 4 members (excludes halogenated alkanes) is 15. The molecule has 0 spiro atoms. The Morgan fingerprint density at radius 3 is 1.37 bits per heavy atom. The van der Waals surface area contributed by atoms with Crippen LogP contribution < -0.4 is 0 Å². The summed E-state index contributed by atoms with van der Waals surface area (Å²) in [5.41, 5.74) is 0. The van der Waals surface area contributed by atoms with Crippen LogP contribution in [0, 0.1) is 5.92 Å². The third-order valence-corrected chi connectivity index (χ3v) is 6.88. The minimum Gasteiger partial charge on any atom is -0.463 e. The molecule has 0 rings (SSSR count). The maximum absolute atomic E-state index is 11.8. The van der Waals surface area contributed by atoms with Crippen LogP contribution in [0.1, 0.15) is 156 Å². The van der Waals surface area contributed by atoms with Gasteiger partial charge in [-0.2, -0.15) is 0 Å². The smallest absolute Gasteiger partial charge is 0.305 e. The Hall–Kier alpha value is -1.10. The molecule has 5 nitrogen and oxygen atoms in total. The molecule has 0 saturated heterocycles. The van der Waals surface area contributed by atoms with Gasteiger partial charge in [-0.05, 0) is 18.8 Å². The second kappa shape index (κ2) is 26.0. The molecule has 0 saturated carbocycles. The molecule has 0 amide bonds. The van der Waals surface area contributed by atoms with E-state index in [1.54, 1.807) is 0 Å². The first-order valence-corrected chi connectivity index (χ1v) is 15.0. The lowest BCUT2D eigenvalue weighted by Gasteiger charge is -2.12. The summed E-state index contributed by atoms with van der Waals surface area (Å²) in [4.78, 5) is 23.6. The maximum Gasteiger partial charge on any atom is 0.305 e. The van der Waals surface area contributed by atoms with E-state index in [-0.39, 0.29) is 25.2 Å². The van der Waals surface area contributed by atoms with Gasteiger partial charge < -0.3 is 14.6 Å². The summed E-state index contributed by atoms with van der Waals surface area (Å²) in [7, 11) is 0. The van der Waals surface area contributed by atoms with Gasteiger partial charge in [0.1, 0.15) is 19.3 Å².